The lowest BCUT2D eigenvalue weighted by atomic mass is 10.1. The van der Waals surface area contributed by atoms with Crippen molar-refractivity contribution in [2.45, 2.75) is 23.8 Å². The zero-order valence-electron chi connectivity index (χ0n) is 10.4. The number of hydrogen-bond acceptors (Lipinski definition) is 4. The Morgan fingerprint density at radius 2 is 2.28 bits per heavy atom. The molecule has 1 aliphatic carbocycles. The summed E-state index contributed by atoms with van der Waals surface area (Å²) in [6.45, 7) is 0.787. The van der Waals surface area contributed by atoms with Crippen LogP contribution in [0.15, 0.2) is 23.1 Å². The summed E-state index contributed by atoms with van der Waals surface area (Å²) in [7, 11) is 0. The summed E-state index contributed by atoms with van der Waals surface area (Å²) in [4.78, 5) is 3.76. The first-order chi connectivity index (χ1) is 8.69. The quantitative estimate of drug-likeness (QED) is 0.617. The number of rotatable bonds is 6. The van der Waals surface area contributed by atoms with E-state index in [1.54, 1.807) is 11.8 Å². The maximum absolute atomic E-state index is 9.22. The van der Waals surface area contributed by atoms with Crippen LogP contribution in [-0.2, 0) is 0 Å². The second-order valence-electron chi connectivity index (χ2n) is 4.37. The van der Waals surface area contributed by atoms with Crippen LogP contribution in [0.3, 0.4) is 0 Å². The molecular weight excluding hydrogens is 264 g/mol. The highest BCUT2D eigenvalue weighted by Gasteiger charge is 2.30. The molecule has 1 aliphatic rings. The summed E-state index contributed by atoms with van der Waals surface area (Å²) in [6, 6.07) is 6.63. The maximum atomic E-state index is 9.22. The molecule has 5 heteroatoms. The van der Waals surface area contributed by atoms with E-state index in [0.717, 1.165) is 16.1 Å². The number of thioether (sulfide) groups is 1. The molecule has 0 saturated heterocycles. The molecule has 3 nitrogen and oxygen atoms in total. The van der Waals surface area contributed by atoms with Crippen LogP contribution in [0.2, 0.25) is 0 Å². The summed E-state index contributed by atoms with van der Waals surface area (Å²) >= 11 is 6.84. The van der Waals surface area contributed by atoms with Crippen molar-refractivity contribution >= 4 is 34.7 Å². The van der Waals surface area contributed by atoms with Crippen LogP contribution in [0.5, 0.6) is 0 Å². The van der Waals surface area contributed by atoms with Gasteiger partial charge in [0, 0.05) is 28.7 Å². The predicted octanol–water partition coefficient (Wildman–Crippen LogP) is 2.00. The molecule has 98 valence electrons. The van der Waals surface area contributed by atoms with Gasteiger partial charge in [-0.2, -0.15) is 0 Å². The molecule has 0 aromatic heterocycles. The van der Waals surface area contributed by atoms with E-state index in [-0.39, 0.29) is 6.61 Å². The van der Waals surface area contributed by atoms with Crippen molar-refractivity contribution in [1.82, 2.24) is 0 Å². The number of nitrogens with zero attached hydrogens (tertiary/aromatic N) is 1. The van der Waals surface area contributed by atoms with Gasteiger partial charge in [-0.05, 0) is 31.2 Å². The lowest BCUT2D eigenvalue weighted by molar-refractivity contribution is 0.301. The van der Waals surface area contributed by atoms with Gasteiger partial charge in [0.25, 0.3) is 0 Å². The molecule has 1 fully saturated rings. The zero-order valence-corrected chi connectivity index (χ0v) is 12.1. The highest BCUT2D eigenvalue weighted by Crippen LogP contribution is 2.36. The van der Waals surface area contributed by atoms with Crippen LogP contribution in [0.25, 0.3) is 0 Å². The number of benzene rings is 1. The summed E-state index contributed by atoms with van der Waals surface area (Å²) in [5.74, 6) is 0. The molecule has 0 radical (unpaired) electrons. The number of anilines is 1. The maximum Gasteiger partial charge on any atom is 0.107 e. The van der Waals surface area contributed by atoms with Crippen molar-refractivity contribution in [3.8, 4) is 0 Å². The van der Waals surface area contributed by atoms with Crippen molar-refractivity contribution in [2.24, 2.45) is 5.73 Å². The Morgan fingerprint density at radius 3 is 2.78 bits per heavy atom. The van der Waals surface area contributed by atoms with Crippen molar-refractivity contribution in [1.29, 1.82) is 0 Å². The lowest BCUT2D eigenvalue weighted by Crippen LogP contribution is -2.31. The Morgan fingerprint density at radius 1 is 1.56 bits per heavy atom. The predicted molar refractivity (Wildman–Crippen MR) is 81.6 cm³/mol. The van der Waals surface area contributed by atoms with Gasteiger partial charge >= 0.3 is 0 Å². The molecule has 1 saturated carbocycles. The van der Waals surface area contributed by atoms with Crippen molar-refractivity contribution < 1.29 is 5.11 Å². The SMILES string of the molecule is CSc1cccc(N(CCO)C2CC2)c1C(N)=S. The molecule has 3 N–H and O–H groups in total. The molecule has 18 heavy (non-hydrogen) atoms. The molecule has 0 amide bonds. The van der Waals surface area contributed by atoms with E-state index >= 15 is 0 Å². The standard InChI is InChI=1S/C13H18N2OS2/c1-18-11-4-2-3-10(12(11)13(14)17)15(7-8-16)9-5-6-9/h2-4,9,16H,5-8H2,1H3,(H2,14,17). The number of aliphatic hydroxyl groups is 1. The first-order valence-electron chi connectivity index (χ1n) is 6.03. The van der Waals surface area contributed by atoms with Crippen LogP contribution < -0.4 is 10.6 Å². The third-order valence-electron chi connectivity index (χ3n) is 3.11. The van der Waals surface area contributed by atoms with E-state index in [2.05, 4.69) is 4.90 Å². The van der Waals surface area contributed by atoms with E-state index in [1.165, 1.54) is 12.8 Å². The van der Waals surface area contributed by atoms with Gasteiger partial charge in [0.05, 0.1) is 6.61 Å². The van der Waals surface area contributed by atoms with E-state index in [9.17, 15) is 5.11 Å². The molecule has 0 bridgehead atoms. The van der Waals surface area contributed by atoms with Crippen LogP contribution in [0.4, 0.5) is 5.69 Å². The molecule has 0 aliphatic heterocycles. The number of aliphatic hydroxyl groups excluding tert-OH is 1. The smallest absolute Gasteiger partial charge is 0.107 e. The van der Waals surface area contributed by atoms with Gasteiger partial charge in [-0.25, -0.2) is 0 Å². The van der Waals surface area contributed by atoms with Gasteiger partial charge in [-0.15, -0.1) is 11.8 Å². The van der Waals surface area contributed by atoms with Gasteiger partial charge in [0.15, 0.2) is 0 Å². The number of hydrogen-bond donors (Lipinski definition) is 2. The van der Waals surface area contributed by atoms with Gasteiger partial charge in [0.1, 0.15) is 4.99 Å². The topological polar surface area (TPSA) is 49.5 Å². The highest BCUT2D eigenvalue weighted by atomic mass is 32.2. The number of nitrogens with two attached hydrogens (primary N) is 1. The van der Waals surface area contributed by atoms with E-state index in [4.69, 9.17) is 18.0 Å². The fourth-order valence-electron chi connectivity index (χ4n) is 2.17. The molecule has 0 atom stereocenters. The second-order valence-corrected chi connectivity index (χ2v) is 5.65. The normalized spacial score (nSPS) is 14.6. The lowest BCUT2D eigenvalue weighted by Gasteiger charge is -2.27. The molecule has 1 aromatic carbocycles. The Bertz CT molecular complexity index is 447. The summed E-state index contributed by atoms with van der Waals surface area (Å²) in [5, 5.41) is 9.22. The first-order valence-corrected chi connectivity index (χ1v) is 7.66. The Hall–Kier alpha value is -0.780. The van der Waals surface area contributed by atoms with Gasteiger partial charge in [-0.3, -0.25) is 0 Å². The Balaban J connectivity index is 2.43. The van der Waals surface area contributed by atoms with Crippen molar-refractivity contribution in [3.05, 3.63) is 23.8 Å². The first kappa shape index (κ1) is 13.6. The molecule has 0 heterocycles. The van der Waals surface area contributed by atoms with Gasteiger partial charge in [-0.1, -0.05) is 18.3 Å². The summed E-state index contributed by atoms with van der Waals surface area (Å²) in [6.07, 6.45) is 4.38. The summed E-state index contributed by atoms with van der Waals surface area (Å²) in [5.41, 5.74) is 7.88. The molecule has 0 unspecified atom stereocenters. The fourth-order valence-corrected chi connectivity index (χ4v) is 3.08. The van der Waals surface area contributed by atoms with Crippen molar-refractivity contribution in [3.63, 3.8) is 0 Å². The molecule has 1 aromatic rings. The van der Waals surface area contributed by atoms with E-state index < -0.39 is 0 Å². The monoisotopic (exact) mass is 282 g/mol. The molecule has 2 rings (SSSR count). The van der Waals surface area contributed by atoms with Crippen LogP contribution in [-0.4, -0.2) is 35.5 Å². The van der Waals surface area contributed by atoms with Gasteiger partial charge in [0.2, 0.25) is 0 Å². The van der Waals surface area contributed by atoms with Crippen LogP contribution in [0.1, 0.15) is 18.4 Å². The largest absolute Gasteiger partial charge is 0.395 e. The Labute approximate surface area is 117 Å². The van der Waals surface area contributed by atoms with E-state index in [0.29, 0.717) is 17.6 Å². The molecule has 0 spiro atoms. The number of thiocarbonyl (C=S) groups is 1. The van der Waals surface area contributed by atoms with Crippen LogP contribution >= 0.6 is 24.0 Å². The minimum Gasteiger partial charge on any atom is -0.395 e. The third-order valence-corrected chi connectivity index (χ3v) is 4.09. The highest BCUT2D eigenvalue weighted by molar-refractivity contribution is 7.98. The average molecular weight is 282 g/mol. The Kier molecular flexibility index (Phi) is 4.48. The molecular formula is C13H18N2OS2. The van der Waals surface area contributed by atoms with Crippen molar-refractivity contribution in [2.75, 3.05) is 24.3 Å². The fraction of sp³-hybridized carbons (Fsp3) is 0.462. The summed E-state index contributed by atoms with van der Waals surface area (Å²) < 4.78 is 0. The zero-order chi connectivity index (χ0) is 13.1. The minimum atomic E-state index is 0.150. The average Bonchev–Trinajstić information content (AvgIpc) is 3.19. The third kappa shape index (κ3) is 2.79. The van der Waals surface area contributed by atoms with Crippen LogP contribution in [0, 0.1) is 0 Å². The minimum absolute atomic E-state index is 0.150. The van der Waals surface area contributed by atoms with E-state index in [1.807, 2.05) is 24.5 Å². The second kappa shape index (κ2) is 5.91. The van der Waals surface area contributed by atoms with Gasteiger partial charge < -0.3 is 15.7 Å².